The van der Waals surface area contributed by atoms with Gasteiger partial charge in [-0.25, -0.2) is 0 Å². The van der Waals surface area contributed by atoms with Gasteiger partial charge in [-0.1, -0.05) is 29.8 Å². The topological polar surface area (TPSA) is 25.2 Å². The number of halogens is 1. The summed E-state index contributed by atoms with van der Waals surface area (Å²) in [6, 6.07) is 12.2. The number of piperidine rings is 1. The Morgan fingerprint density at radius 2 is 1.76 bits per heavy atom. The molecule has 1 aromatic carbocycles. The number of benzene rings is 1. The number of nitrogens with zero attached hydrogens (tertiary/aromatic N) is 2. The van der Waals surface area contributed by atoms with E-state index in [0.717, 1.165) is 31.5 Å². The Hall–Kier alpha value is -1.74. The fraction of sp³-hybridized carbons (Fsp3) is 0.353. The first kappa shape index (κ1) is 14.2. The molecule has 110 valence electrons. The average Bonchev–Trinajstić information content (AvgIpc) is 3.04. The van der Waals surface area contributed by atoms with Crippen molar-refractivity contribution in [1.29, 1.82) is 0 Å². The second-order valence-electron chi connectivity index (χ2n) is 5.51. The first-order chi connectivity index (χ1) is 10.2. The zero-order valence-electron chi connectivity index (χ0n) is 11.9. The zero-order valence-corrected chi connectivity index (χ0v) is 12.7. The first-order valence-corrected chi connectivity index (χ1v) is 7.75. The minimum absolute atomic E-state index is 0.175. The van der Waals surface area contributed by atoms with E-state index in [1.54, 1.807) is 0 Å². The van der Waals surface area contributed by atoms with Crippen molar-refractivity contribution in [2.45, 2.75) is 25.3 Å². The minimum Gasteiger partial charge on any atom is -0.351 e. The van der Waals surface area contributed by atoms with Gasteiger partial charge in [0.25, 0.3) is 0 Å². The number of carbonyl (C=O) groups is 1. The molecule has 3 nitrogen and oxygen atoms in total. The number of rotatable bonds is 3. The van der Waals surface area contributed by atoms with E-state index in [9.17, 15) is 4.79 Å². The molecule has 1 aliphatic rings. The van der Waals surface area contributed by atoms with Crippen LogP contribution in [0.4, 0.5) is 0 Å². The molecule has 0 atom stereocenters. The van der Waals surface area contributed by atoms with E-state index in [1.165, 1.54) is 0 Å². The molecule has 1 amide bonds. The van der Waals surface area contributed by atoms with Crippen molar-refractivity contribution in [2.24, 2.45) is 0 Å². The standard InChI is InChI=1S/C17H19ClN2O/c18-16-6-2-1-5-14(16)13-17(21)20-11-7-15(8-12-20)19-9-3-4-10-19/h1-6,9-10,15H,7-8,11-13H2. The molecule has 0 unspecified atom stereocenters. The smallest absolute Gasteiger partial charge is 0.227 e. The van der Waals surface area contributed by atoms with E-state index >= 15 is 0 Å². The predicted octanol–water partition coefficient (Wildman–Crippen LogP) is 3.55. The molecular formula is C17H19ClN2O. The molecule has 2 aromatic rings. The normalized spacial score (nSPS) is 16.1. The van der Waals surface area contributed by atoms with Gasteiger partial charge in [-0.2, -0.15) is 0 Å². The summed E-state index contributed by atoms with van der Waals surface area (Å²) >= 11 is 6.12. The van der Waals surface area contributed by atoms with Gasteiger partial charge in [0.1, 0.15) is 0 Å². The summed E-state index contributed by atoms with van der Waals surface area (Å²) in [7, 11) is 0. The van der Waals surface area contributed by atoms with Gasteiger partial charge in [0.15, 0.2) is 0 Å². The Balaban J connectivity index is 1.57. The van der Waals surface area contributed by atoms with Crippen LogP contribution in [0.3, 0.4) is 0 Å². The number of carbonyl (C=O) groups excluding carboxylic acids is 1. The minimum atomic E-state index is 0.175. The lowest BCUT2D eigenvalue weighted by Crippen LogP contribution is -2.39. The second-order valence-corrected chi connectivity index (χ2v) is 5.92. The van der Waals surface area contributed by atoms with E-state index in [0.29, 0.717) is 17.5 Å². The van der Waals surface area contributed by atoms with Gasteiger partial charge in [0.05, 0.1) is 6.42 Å². The molecule has 1 saturated heterocycles. The van der Waals surface area contributed by atoms with Crippen LogP contribution < -0.4 is 0 Å². The lowest BCUT2D eigenvalue weighted by Gasteiger charge is -2.33. The lowest BCUT2D eigenvalue weighted by atomic mass is 10.0. The molecule has 0 saturated carbocycles. The Bertz CT molecular complexity index is 601. The second kappa shape index (κ2) is 6.35. The van der Waals surface area contributed by atoms with E-state index < -0.39 is 0 Å². The van der Waals surface area contributed by atoms with E-state index in [4.69, 9.17) is 11.6 Å². The van der Waals surface area contributed by atoms with Crippen LogP contribution in [-0.2, 0) is 11.2 Å². The molecule has 3 rings (SSSR count). The number of aromatic nitrogens is 1. The van der Waals surface area contributed by atoms with Crippen molar-refractivity contribution in [3.05, 3.63) is 59.4 Å². The van der Waals surface area contributed by atoms with Crippen molar-refractivity contribution in [2.75, 3.05) is 13.1 Å². The highest BCUT2D eigenvalue weighted by atomic mass is 35.5. The van der Waals surface area contributed by atoms with Crippen LogP contribution in [-0.4, -0.2) is 28.5 Å². The van der Waals surface area contributed by atoms with Gasteiger partial charge in [0, 0.05) is 36.5 Å². The molecule has 0 bridgehead atoms. The number of hydrogen-bond acceptors (Lipinski definition) is 1. The van der Waals surface area contributed by atoms with E-state index in [2.05, 4.69) is 29.1 Å². The summed E-state index contributed by atoms with van der Waals surface area (Å²) < 4.78 is 2.25. The van der Waals surface area contributed by atoms with Crippen molar-refractivity contribution >= 4 is 17.5 Å². The summed E-state index contributed by atoms with van der Waals surface area (Å²) in [6.07, 6.45) is 6.64. The zero-order chi connectivity index (χ0) is 14.7. The molecule has 21 heavy (non-hydrogen) atoms. The summed E-state index contributed by atoms with van der Waals surface area (Å²) in [6.45, 7) is 1.65. The Morgan fingerprint density at radius 3 is 2.43 bits per heavy atom. The van der Waals surface area contributed by atoms with Crippen LogP contribution >= 0.6 is 11.6 Å². The average molecular weight is 303 g/mol. The van der Waals surface area contributed by atoms with Crippen LogP contribution in [0.5, 0.6) is 0 Å². The number of hydrogen-bond donors (Lipinski definition) is 0. The van der Waals surface area contributed by atoms with Gasteiger partial charge in [-0.3, -0.25) is 4.79 Å². The highest BCUT2D eigenvalue weighted by Gasteiger charge is 2.23. The molecule has 0 aliphatic carbocycles. The van der Waals surface area contributed by atoms with Crippen molar-refractivity contribution in [1.82, 2.24) is 9.47 Å². The Kier molecular flexibility index (Phi) is 4.30. The van der Waals surface area contributed by atoms with Crippen LogP contribution in [0.2, 0.25) is 5.02 Å². The maximum absolute atomic E-state index is 12.4. The first-order valence-electron chi connectivity index (χ1n) is 7.37. The predicted molar refractivity (Wildman–Crippen MR) is 84.4 cm³/mol. The van der Waals surface area contributed by atoms with Crippen LogP contribution in [0, 0.1) is 0 Å². The van der Waals surface area contributed by atoms with Gasteiger partial charge in [-0.05, 0) is 36.6 Å². The SMILES string of the molecule is O=C(Cc1ccccc1Cl)N1CCC(n2cccc2)CC1. The monoisotopic (exact) mass is 302 g/mol. The largest absolute Gasteiger partial charge is 0.351 e. The molecule has 2 heterocycles. The highest BCUT2D eigenvalue weighted by Crippen LogP contribution is 2.23. The fourth-order valence-electron chi connectivity index (χ4n) is 2.92. The van der Waals surface area contributed by atoms with Gasteiger partial charge >= 0.3 is 0 Å². The third-order valence-electron chi connectivity index (χ3n) is 4.17. The van der Waals surface area contributed by atoms with E-state index in [-0.39, 0.29) is 5.91 Å². The molecular weight excluding hydrogens is 284 g/mol. The van der Waals surface area contributed by atoms with Gasteiger partial charge in [0.2, 0.25) is 5.91 Å². The molecule has 0 radical (unpaired) electrons. The van der Waals surface area contributed by atoms with Crippen molar-refractivity contribution in [3.8, 4) is 0 Å². The van der Waals surface area contributed by atoms with E-state index in [1.807, 2.05) is 29.2 Å². The highest BCUT2D eigenvalue weighted by molar-refractivity contribution is 6.31. The summed E-state index contributed by atoms with van der Waals surface area (Å²) in [5, 5.41) is 0.674. The molecule has 1 fully saturated rings. The molecule has 0 N–H and O–H groups in total. The van der Waals surface area contributed by atoms with Gasteiger partial charge in [-0.15, -0.1) is 0 Å². The third kappa shape index (κ3) is 3.30. The van der Waals surface area contributed by atoms with Gasteiger partial charge < -0.3 is 9.47 Å². The Morgan fingerprint density at radius 1 is 1.10 bits per heavy atom. The van der Waals surface area contributed by atoms with Crippen LogP contribution in [0.15, 0.2) is 48.8 Å². The third-order valence-corrected chi connectivity index (χ3v) is 4.53. The lowest BCUT2D eigenvalue weighted by molar-refractivity contribution is -0.131. The summed E-state index contributed by atoms with van der Waals surface area (Å²) in [5.41, 5.74) is 0.914. The van der Waals surface area contributed by atoms with Crippen molar-refractivity contribution < 1.29 is 4.79 Å². The summed E-state index contributed by atoms with van der Waals surface area (Å²) in [4.78, 5) is 14.3. The molecule has 1 aliphatic heterocycles. The van der Waals surface area contributed by atoms with Crippen molar-refractivity contribution in [3.63, 3.8) is 0 Å². The summed E-state index contributed by atoms with van der Waals surface area (Å²) in [5.74, 6) is 0.175. The molecule has 4 heteroatoms. The Labute approximate surface area is 130 Å². The van der Waals surface area contributed by atoms with Crippen LogP contribution in [0.25, 0.3) is 0 Å². The molecule has 1 aromatic heterocycles. The fourth-order valence-corrected chi connectivity index (χ4v) is 3.12. The number of amides is 1. The molecule has 0 spiro atoms. The quantitative estimate of drug-likeness (QED) is 0.851. The maximum atomic E-state index is 12.4. The maximum Gasteiger partial charge on any atom is 0.227 e. The van der Waals surface area contributed by atoms with Crippen LogP contribution in [0.1, 0.15) is 24.4 Å². The number of likely N-dealkylation sites (tertiary alicyclic amines) is 1.